The molecule has 0 saturated carbocycles. The van der Waals surface area contributed by atoms with Crippen molar-refractivity contribution < 1.29 is 80.2 Å². The van der Waals surface area contributed by atoms with E-state index in [4.69, 9.17) is 37.0 Å². The minimum atomic E-state index is -4.95. The third-order valence-corrected chi connectivity index (χ3v) is 18.5. The first-order valence-electron chi connectivity index (χ1n) is 36.5. The standard InChI is InChI=1S/C70H136O17P2/c1-7-10-12-14-15-16-17-18-19-20-21-22-23-24-25-26-31-36-42-48-54-69(74)87-66(59-81-68(73)53-47-41-35-30-28-27-29-34-40-45-51-63(6)9-3)61-85-89(78,79)83-57-64(71)56-82-88(76,77)84-60-65(58-80-67(72)52-46-38-13-11-8-2)86-70(75)55-49-43-37-32-33-39-44-50-62(4)5/h62-66,71H,7-61H2,1-6H3,(H,76,77)(H,78,79)/t63?,64-,65+,66+/m0/s1. The molecule has 6 atom stereocenters. The normalized spacial score (nSPS) is 14.4. The lowest BCUT2D eigenvalue weighted by molar-refractivity contribution is -0.161. The Balaban J connectivity index is 5.13. The number of unbranched alkanes of at least 4 members (excludes halogenated alkanes) is 38. The maximum absolute atomic E-state index is 13.0. The van der Waals surface area contributed by atoms with Gasteiger partial charge in [0.1, 0.15) is 19.3 Å². The molecule has 0 amide bonds. The molecule has 0 radical (unpaired) electrons. The predicted molar refractivity (Wildman–Crippen MR) is 358 cm³/mol. The summed E-state index contributed by atoms with van der Waals surface area (Å²) in [4.78, 5) is 72.2. The molecule has 3 unspecified atom stereocenters. The van der Waals surface area contributed by atoms with Crippen molar-refractivity contribution in [1.29, 1.82) is 0 Å². The van der Waals surface area contributed by atoms with E-state index in [1.807, 2.05) is 0 Å². The number of hydrogen-bond acceptors (Lipinski definition) is 15. The minimum Gasteiger partial charge on any atom is -0.462 e. The fraction of sp³-hybridized carbons (Fsp3) is 0.943. The highest BCUT2D eigenvalue weighted by molar-refractivity contribution is 7.47. The van der Waals surface area contributed by atoms with E-state index in [0.717, 1.165) is 102 Å². The molecule has 17 nitrogen and oxygen atoms in total. The van der Waals surface area contributed by atoms with Gasteiger partial charge in [-0.15, -0.1) is 0 Å². The lowest BCUT2D eigenvalue weighted by Crippen LogP contribution is -2.30. The average Bonchev–Trinajstić information content (AvgIpc) is 3.54. The Morgan fingerprint density at radius 2 is 0.573 bits per heavy atom. The second kappa shape index (κ2) is 62.2. The molecule has 0 aliphatic rings. The Labute approximate surface area is 543 Å². The van der Waals surface area contributed by atoms with Crippen molar-refractivity contribution in [2.45, 2.75) is 374 Å². The zero-order chi connectivity index (χ0) is 65.7. The van der Waals surface area contributed by atoms with E-state index in [2.05, 4.69) is 41.5 Å². The lowest BCUT2D eigenvalue weighted by Gasteiger charge is -2.21. The third kappa shape index (κ3) is 63.2. The van der Waals surface area contributed by atoms with Crippen LogP contribution in [0.5, 0.6) is 0 Å². The first-order chi connectivity index (χ1) is 42.9. The number of ether oxygens (including phenoxy) is 4. The van der Waals surface area contributed by atoms with Crippen LogP contribution < -0.4 is 0 Å². The Morgan fingerprint density at radius 1 is 0.326 bits per heavy atom. The summed E-state index contributed by atoms with van der Waals surface area (Å²) in [5.41, 5.74) is 0. The third-order valence-electron chi connectivity index (χ3n) is 16.6. The maximum Gasteiger partial charge on any atom is 0.472 e. The first kappa shape index (κ1) is 87.1. The summed E-state index contributed by atoms with van der Waals surface area (Å²) in [5, 5.41) is 10.5. The van der Waals surface area contributed by atoms with Gasteiger partial charge in [-0.2, -0.15) is 0 Å². The summed E-state index contributed by atoms with van der Waals surface area (Å²) in [6, 6.07) is 0. The van der Waals surface area contributed by atoms with Gasteiger partial charge in [-0.3, -0.25) is 37.3 Å². The van der Waals surface area contributed by atoms with Gasteiger partial charge in [0, 0.05) is 25.7 Å². The highest BCUT2D eigenvalue weighted by atomic mass is 31.2. The predicted octanol–water partition coefficient (Wildman–Crippen LogP) is 20.0. The maximum atomic E-state index is 13.0. The van der Waals surface area contributed by atoms with E-state index in [1.165, 1.54) is 167 Å². The number of rotatable bonds is 69. The number of phosphoric ester groups is 2. The fourth-order valence-electron chi connectivity index (χ4n) is 10.6. The molecule has 0 aromatic rings. The van der Waals surface area contributed by atoms with Crippen molar-refractivity contribution in [3.05, 3.63) is 0 Å². The van der Waals surface area contributed by atoms with Crippen LogP contribution in [0, 0.1) is 11.8 Å². The molecule has 0 spiro atoms. The largest absolute Gasteiger partial charge is 0.472 e. The molecule has 0 aliphatic heterocycles. The van der Waals surface area contributed by atoms with E-state index < -0.39 is 97.5 Å². The molecule has 0 heterocycles. The van der Waals surface area contributed by atoms with Gasteiger partial charge in [0.25, 0.3) is 0 Å². The zero-order valence-electron chi connectivity index (χ0n) is 57.7. The van der Waals surface area contributed by atoms with Crippen LogP contribution >= 0.6 is 15.6 Å². The summed E-state index contributed by atoms with van der Waals surface area (Å²) < 4.78 is 68.0. The Hall–Kier alpha value is -1.94. The van der Waals surface area contributed by atoms with Crippen LogP contribution in [0.1, 0.15) is 356 Å². The van der Waals surface area contributed by atoms with Gasteiger partial charge in [0.05, 0.1) is 26.4 Å². The van der Waals surface area contributed by atoms with Crippen LogP contribution in [0.15, 0.2) is 0 Å². The van der Waals surface area contributed by atoms with Crippen molar-refractivity contribution in [1.82, 2.24) is 0 Å². The lowest BCUT2D eigenvalue weighted by atomic mass is 9.99. The number of phosphoric acid groups is 2. The molecule has 3 N–H and O–H groups in total. The Bertz CT molecular complexity index is 1740. The van der Waals surface area contributed by atoms with Crippen LogP contribution in [0.4, 0.5) is 0 Å². The molecular formula is C70H136O17P2. The molecule has 0 saturated heterocycles. The van der Waals surface area contributed by atoms with E-state index in [9.17, 15) is 43.2 Å². The van der Waals surface area contributed by atoms with Crippen molar-refractivity contribution in [2.75, 3.05) is 39.6 Å². The molecule has 89 heavy (non-hydrogen) atoms. The van der Waals surface area contributed by atoms with Crippen molar-refractivity contribution in [3.8, 4) is 0 Å². The second-order valence-corrected chi connectivity index (χ2v) is 28.9. The van der Waals surface area contributed by atoms with E-state index in [-0.39, 0.29) is 25.7 Å². The number of hydrogen-bond donors (Lipinski definition) is 3. The van der Waals surface area contributed by atoms with E-state index >= 15 is 0 Å². The number of carbonyl (C=O) groups excluding carboxylic acids is 4. The summed E-state index contributed by atoms with van der Waals surface area (Å²) in [5.74, 6) is -0.633. The summed E-state index contributed by atoms with van der Waals surface area (Å²) in [6.07, 6.45) is 47.8. The van der Waals surface area contributed by atoms with E-state index in [1.54, 1.807) is 0 Å². The van der Waals surface area contributed by atoms with Gasteiger partial charge in [0.2, 0.25) is 0 Å². The van der Waals surface area contributed by atoms with Crippen LogP contribution in [0.3, 0.4) is 0 Å². The van der Waals surface area contributed by atoms with Crippen LogP contribution in [-0.4, -0.2) is 96.7 Å². The molecule has 0 aromatic heterocycles. The molecular weight excluding hydrogens is 1170 g/mol. The highest BCUT2D eigenvalue weighted by Gasteiger charge is 2.30. The zero-order valence-corrected chi connectivity index (χ0v) is 59.5. The van der Waals surface area contributed by atoms with Crippen molar-refractivity contribution >= 4 is 39.5 Å². The van der Waals surface area contributed by atoms with Gasteiger partial charge in [0.15, 0.2) is 12.2 Å². The molecule has 0 rings (SSSR count). The van der Waals surface area contributed by atoms with Crippen LogP contribution in [-0.2, 0) is 65.4 Å². The first-order valence-corrected chi connectivity index (χ1v) is 39.5. The van der Waals surface area contributed by atoms with Crippen LogP contribution in [0.25, 0.3) is 0 Å². The Kier molecular flexibility index (Phi) is 60.8. The van der Waals surface area contributed by atoms with Gasteiger partial charge in [-0.05, 0) is 37.5 Å². The second-order valence-electron chi connectivity index (χ2n) is 26.0. The number of esters is 4. The molecule has 19 heteroatoms. The van der Waals surface area contributed by atoms with E-state index in [0.29, 0.717) is 31.6 Å². The van der Waals surface area contributed by atoms with Gasteiger partial charge < -0.3 is 33.8 Å². The van der Waals surface area contributed by atoms with Crippen LogP contribution in [0.2, 0.25) is 0 Å². The number of aliphatic hydroxyl groups is 1. The minimum absolute atomic E-state index is 0.103. The monoisotopic (exact) mass is 1310 g/mol. The summed E-state index contributed by atoms with van der Waals surface area (Å²) >= 11 is 0. The number of aliphatic hydroxyl groups excluding tert-OH is 1. The summed E-state index contributed by atoms with van der Waals surface area (Å²) in [7, 11) is -9.89. The molecule has 0 fully saturated rings. The average molecular weight is 1310 g/mol. The van der Waals surface area contributed by atoms with Gasteiger partial charge in [-0.25, -0.2) is 9.13 Å². The smallest absolute Gasteiger partial charge is 0.462 e. The van der Waals surface area contributed by atoms with Crippen molar-refractivity contribution in [3.63, 3.8) is 0 Å². The molecule has 0 aromatic carbocycles. The highest BCUT2D eigenvalue weighted by Crippen LogP contribution is 2.45. The van der Waals surface area contributed by atoms with Gasteiger partial charge in [-0.1, -0.05) is 305 Å². The summed E-state index contributed by atoms with van der Waals surface area (Å²) in [6.45, 7) is 9.42. The topological polar surface area (TPSA) is 237 Å². The molecule has 0 bridgehead atoms. The fourth-order valence-corrected chi connectivity index (χ4v) is 12.1. The number of carbonyl (C=O) groups is 4. The molecule has 528 valence electrons. The van der Waals surface area contributed by atoms with Gasteiger partial charge >= 0.3 is 39.5 Å². The molecule has 0 aliphatic carbocycles. The quantitative estimate of drug-likeness (QED) is 0.0222. The Morgan fingerprint density at radius 3 is 0.854 bits per heavy atom. The SMILES string of the molecule is CCCCCCCCCCCCCCCCCCCCCCC(=O)O[C@H](COC(=O)CCCCCCCCCCCCC(C)CC)COP(=O)(O)OC[C@@H](O)COP(=O)(O)OC[C@@H](COC(=O)CCCCCCC)OC(=O)CCCCCCCCCC(C)C. The van der Waals surface area contributed by atoms with Crippen molar-refractivity contribution in [2.24, 2.45) is 11.8 Å².